The molecule has 126 valence electrons. The number of alkyl carbamates (subject to hydrolysis) is 1. The van der Waals surface area contributed by atoms with Crippen LogP contribution in [0.25, 0.3) is 0 Å². The van der Waals surface area contributed by atoms with E-state index in [2.05, 4.69) is 40.5 Å². The Morgan fingerprint density at radius 1 is 1.22 bits per heavy atom. The zero-order valence-corrected chi connectivity index (χ0v) is 14.4. The maximum atomic E-state index is 12.1. The number of nitrogens with zero attached hydrogens (tertiary/aromatic N) is 1. The molecule has 0 unspecified atom stereocenters. The fraction of sp³-hybridized carbons (Fsp3) is 0.632. The zero-order chi connectivity index (χ0) is 16.4. The molecular formula is C19H28N2O2. The molecule has 0 radical (unpaired) electrons. The van der Waals surface area contributed by atoms with E-state index in [4.69, 9.17) is 4.74 Å². The van der Waals surface area contributed by atoms with Crippen LogP contribution in [-0.2, 0) is 11.3 Å². The van der Waals surface area contributed by atoms with Crippen molar-refractivity contribution < 1.29 is 9.53 Å². The second kappa shape index (κ2) is 6.52. The van der Waals surface area contributed by atoms with Gasteiger partial charge in [-0.3, -0.25) is 4.90 Å². The van der Waals surface area contributed by atoms with Crippen molar-refractivity contribution in [3.8, 4) is 0 Å². The van der Waals surface area contributed by atoms with E-state index in [9.17, 15) is 4.79 Å². The number of carbonyl (C=O) groups is 1. The number of ether oxygens (including phenoxy) is 1. The Hall–Kier alpha value is -1.55. The first-order valence-corrected chi connectivity index (χ1v) is 8.70. The van der Waals surface area contributed by atoms with Crippen LogP contribution in [0.2, 0.25) is 0 Å². The first-order chi connectivity index (χ1) is 10.9. The van der Waals surface area contributed by atoms with Crippen LogP contribution < -0.4 is 5.32 Å². The number of hydrogen-bond donors (Lipinski definition) is 1. The van der Waals surface area contributed by atoms with E-state index in [0.29, 0.717) is 6.04 Å². The number of carbonyl (C=O) groups excluding carboxylic acids is 1. The Morgan fingerprint density at radius 2 is 1.91 bits per heavy atom. The first-order valence-electron chi connectivity index (χ1n) is 8.70. The highest BCUT2D eigenvalue weighted by Crippen LogP contribution is 2.40. The third-order valence-corrected chi connectivity index (χ3v) is 4.60. The SMILES string of the molecule is CC(C)(C)OC(=O)N[C@H]1CCN(Cc2ccccc2)[C@@H]1C1CC1. The van der Waals surface area contributed by atoms with Crippen molar-refractivity contribution >= 4 is 6.09 Å². The molecule has 1 aliphatic carbocycles. The molecule has 23 heavy (non-hydrogen) atoms. The summed E-state index contributed by atoms with van der Waals surface area (Å²) in [4.78, 5) is 14.7. The zero-order valence-electron chi connectivity index (χ0n) is 14.4. The Labute approximate surface area is 139 Å². The summed E-state index contributed by atoms with van der Waals surface area (Å²) in [5.74, 6) is 0.723. The first kappa shape index (κ1) is 16.3. The smallest absolute Gasteiger partial charge is 0.407 e. The molecule has 0 bridgehead atoms. The van der Waals surface area contributed by atoms with Gasteiger partial charge in [0.05, 0.1) is 0 Å². The summed E-state index contributed by atoms with van der Waals surface area (Å²) >= 11 is 0. The maximum Gasteiger partial charge on any atom is 0.407 e. The summed E-state index contributed by atoms with van der Waals surface area (Å²) in [6.07, 6.45) is 3.28. The van der Waals surface area contributed by atoms with Gasteiger partial charge in [-0.05, 0) is 51.5 Å². The minimum Gasteiger partial charge on any atom is -0.444 e. The van der Waals surface area contributed by atoms with Crippen LogP contribution in [0.15, 0.2) is 30.3 Å². The van der Waals surface area contributed by atoms with Crippen molar-refractivity contribution in [1.82, 2.24) is 10.2 Å². The molecule has 1 N–H and O–H groups in total. The number of rotatable bonds is 4. The van der Waals surface area contributed by atoms with Crippen LogP contribution in [0, 0.1) is 5.92 Å². The molecule has 0 spiro atoms. The fourth-order valence-electron chi connectivity index (χ4n) is 3.56. The second-order valence-electron chi connectivity index (χ2n) is 7.83. The summed E-state index contributed by atoms with van der Waals surface area (Å²) in [6, 6.07) is 11.3. The minimum absolute atomic E-state index is 0.209. The van der Waals surface area contributed by atoms with Gasteiger partial charge in [-0.1, -0.05) is 30.3 Å². The lowest BCUT2D eigenvalue weighted by Crippen LogP contribution is -2.47. The van der Waals surface area contributed by atoms with E-state index < -0.39 is 5.60 Å². The predicted molar refractivity (Wildman–Crippen MR) is 91.1 cm³/mol. The summed E-state index contributed by atoms with van der Waals surface area (Å²) in [7, 11) is 0. The molecule has 2 atom stereocenters. The van der Waals surface area contributed by atoms with E-state index in [1.807, 2.05) is 20.8 Å². The molecule has 4 nitrogen and oxygen atoms in total. The van der Waals surface area contributed by atoms with Gasteiger partial charge in [0.2, 0.25) is 0 Å². The standard InChI is InChI=1S/C19H28N2O2/c1-19(2,3)23-18(22)20-16-11-12-21(17(16)15-9-10-15)13-14-7-5-4-6-8-14/h4-8,15-17H,9-13H2,1-3H3,(H,20,22)/t16-,17+/m0/s1. The lowest BCUT2D eigenvalue weighted by molar-refractivity contribution is 0.0486. The third-order valence-electron chi connectivity index (χ3n) is 4.60. The topological polar surface area (TPSA) is 41.6 Å². The molecule has 1 saturated carbocycles. The van der Waals surface area contributed by atoms with Crippen LogP contribution in [0.3, 0.4) is 0 Å². The minimum atomic E-state index is -0.443. The fourth-order valence-corrected chi connectivity index (χ4v) is 3.56. The van der Waals surface area contributed by atoms with Crippen LogP contribution in [-0.4, -0.2) is 35.2 Å². The molecule has 1 heterocycles. The molecule has 1 amide bonds. The lowest BCUT2D eigenvalue weighted by Gasteiger charge is -2.29. The van der Waals surface area contributed by atoms with Gasteiger partial charge in [-0.25, -0.2) is 4.79 Å². The largest absolute Gasteiger partial charge is 0.444 e. The summed E-state index contributed by atoms with van der Waals surface area (Å²) in [5, 5.41) is 3.12. The lowest BCUT2D eigenvalue weighted by atomic mass is 10.0. The molecule has 2 aliphatic rings. The summed E-state index contributed by atoms with van der Waals surface area (Å²) < 4.78 is 5.43. The van der Waals surface area contributed by atoms with Gasteiger partial charge in [0, 0.05) is 25.2 Å². The average Bonchev–Trinajstić information content (AvgIpc) is 3.22. The van der Waals surface area contributed by atoms with Gasteiger partial charge in [0.15, 0.2) is 0 Å². The molecule has 2 fully saturated rings. The molecule has 1 aliphatic heterocycles. The quantitative estimate of drug-likeness (QED) is 0.923. The Kier molecular flexibility index (Phi) is 4.62. The van der Waals surface area contributed by atoms with Crippen molar-refractivity contribution in [2.75, 3.05) is 6.54 Å². The van der Waals surface area contributed by atoms with Crippen LogP contribution in [0.1, 0.15) is 45.6 Å². The normalized spacial score (nSPS) is 25.3. The van der Waals surface area contributed by atoms with Crippen LogP contribution >= 0.6 is 0 Å². The van der Waals surface area contributed by atoms with Gasteiger partial charge in [-0.15, -0.1) is 0 Å². The van der Waals surface area contributed by atoms with Crippen molar-refractivity contribution in [2.24, 2.45) is 5.92 Å². The van der Waals surface area contributed by atoms with Gasteiger partial charge in [-0.2, -0.15) is 0 Å². The van der Waals surface area contributed by atoms with Gasteiger partial charge in [0.1, 0.15) is 5.60 Å². The summed E-state index contributed by atoms with van der Waals surface area (Å²) in [5.41, 5.74) is 0.901. The van der Waals surface area contributed by atoms with E-state index in [1.165, 1.54) is 18.4 Å². The number of hydrogen-bond acceptors (Lipinski definition) is 3. The number of benzene rings is 1. The van der Waals surface area contributed by atoms with Crippen molar-refractivity contribution in [3.05, 3.63) is 35.9 Å². The number of likely N-dealkylation sites (tertiary alicyclic amines) is 1. The predicted octanol–water partition coefficient (Wildman–Crippen LogP) is 3.56. The molecule has 0 aromatic heterocycles. The van der Waals surface area contributed by atoms with Crippen molar-refractivity contribution in [1.29, 1.82) is 0 Å². The molecule has 1 aromatic carbocycles. The highest BCUT2D eigenvalue weighted by atomic mass is 16.6. The molecule has 1 aromatic rings. The molecule has 3 rings (SSSR count). The van der Waals surface area contributed by atoms with E-state index in [1.54, 1.807) is 0 Å². The Balaban J connectivity index is 1.62. The number of amides is 1. The van der Waals surface area contributed by atoms with E-state index >= 15 is 0 Å². The van der Waals surface area contributed by atoms with Crippen molar-refractivity contribution in [3.63, 3.8) is 0 Å². The van der Waals surface area contributed by atoms with Crippen LogP contribution in [0.4, 0.5) is 4.79 Å². The third kappa shape index (κ3) is 4.47. The highest BCUT2D eigenvalue weighted by Gasteiger charge is 2.44. The summed E-state index contributed by atoms with van der Waals surface area (Å²) in [6.45, 7) is 7.72. The van der Waals surface area contributed by atoms with Gasteiger partial charge in [0.25, 0.3) is 0 Å². The monoisotopic (exact) mass is 316 g/mol. The Bertz CT molecular complexity index is 534. The van der Waals surface area contributed by atoms with Gasteiger partial charge >= 0.3 is 6.09 Å². The van der Waals surface area contributed by atoms with E-state index in [-0.39, 0.29) is 12.1 Å². The maximum absolute atomic E-state index is 12.1. The van der Waals surface area contributed by atoms with E-state index in [0.717, 1.165) is 25.4 Å². The average molecular weight is 316 g/mol. The number of nitrogens with one attached hydrogen (secondary N) is 1. The second-order valence-corrected chi connectivity index (χ2v) is 7.83. The van der Waals surface area contributed by atoms with Gasteiger partial charge < -0.3 is 10.1 Å². The molecule has 1 saturated heterocycles. The van der Waals surface area contributed by atoms with Crippen LogP contribution in [0.5, 0.6) is 0 Å². The van der Waals surface area contributed by atoms with Crippen molar-refractivity contribution in [2.45, 2.75) is 64.3 Å². The highest BCUT2D eigenvalue weighted by molar-refractivity contribution is 5.68. The molecule has 4 heteroatoms. The molecular weight excluding hydrogens is 288 g/mol. The Morgan fingerprint density at radius 3 is 2.52 bits per heavy atom.